The molecule has 0 radical (unpaired) electrons. The second-order valence-corrected chi connectivity index (χ2v) is 7.70. The van der Waals surface area contributed by atoms with Crippen LogP contribution in [0.3, 0.4) is 0 Å². The van der Waals surface area contributed by atoms with Crippen LogP contribution in [0, 0.1) is 5.41 Å². The number of hydrogen-bond acceptors (Lipinski definition) is 6. The topological polar surface area (TPSA) is 120 Å². The van der Waals surface area contributed by atoms with Crippen molar-refractivity contribution in [1.29, 1.82) is 5.41 Å². The third-order valence-electron chi connectivity index (χ3n) is 4.99. The Morgan fingerprint density at radius 1 is 1.19 bits per heavy atom. The van der Waals surface area contributed by atoms with Gasteiger partial charge in [0.25, 0.3) is 0 Å². The predicted molar refractivity (Wildman–Crippen MR) is 132 cm³/mol. The minimum atomic E-state index is -4.48. The highest BCUT2D eigenvalue weighted by atomic mass is 19.4. The van der Waals surface area contributed by atoms with Crippen LogP contribution in [-0.4, -0.2) is 60.6 Å². The maximum atomic E-state index is 12.7. The van der Waals surface area contributed by atoms with Crippen LogP contribution in [0.25, 0.3) is 0 Å². The molecule has 192 valence electrons. The summed E-state index contributed by atoms with van der Waals surface area (Å²) in [5, 5.41) is 19.2. The Bertz CT molecular complexity index is 1140. The summed E-state index contributed by atoms with van der Waals surface area (Å²) in [4.78, 5) is 24.2. The molecule has 0 aliphatic rings. The highest BCUT2D eigenvalue weighted by molar-refractivity contribution is 6.20. The molecule has 2 rings (SSSR count). The van der Waals surface area contributed by atoms with E-state index in [1.165, 1.54) is 0 Å². The van der Waals surface area contributed by atoms with E-state index in [2.05, 4.69) is 20.3 Å². The summed E-state index contributed by atoms with van der Waals surface area (Å²) in [6.45, 7) is 3.52. The van der Waals surface area contributed by atoms with Gasteiger partial charge in [0.1, 0.15) is 6.61 Å². The Morgan fingerprint density at radius 2 is 1.89 bits per heavy atom. The summed E-state index contributed by atoms with van der Waals surface area (Å²) >= 11 is 0. The first-order valence-corrected chi connectivity index (χ1v) is 10.9. The molecule has 1 aromatic heterocycles. The van der Waals surface area contributed by atoms with Gasteiger partial charge in [-0.2, -0.15) is 13.2 Å². The first-order valence-electron chi connectivity index (χ1n) is 10.9. The number of rotatable bonds is 10. The molecule has 0 aliphatic carbocycles. The van der Waals surface area contributed by atoms with E-state index >= 15 is 0 Å². The standard InChI is InChI=1S/C25H28F3N5O3/c1-16(15-36-23-9-8-20(14-32-23)25(26,27)28)21(13-29)17(2)33-24(30-3)19-6-4-18(5-7-19)12-22(35)31-10-11-34/h4-9,13-14,29,34H,10-12,15H2,1-3H3,(H,31,35)/b21-16-,29-13?,30-24?,33-17?. The van der Waals surface area contributed by atoms with Gasteiger partial charge in [0, 0.05) is 48.9 Å². The Hall–Kier alpha value is -3.86. The normalized spacial score (nSPS) is 13.2. The predicted octanol–water partition coefficient (Wildman–Crippen LogP) is 3.63. The number of nitrogens with one attached hydrogen (secondary N) is 2. The van der Waals surface area contributed by atoms with E-state index < -0.39 is 11.7 Å². The second-order valence-electron chi connectivity index (χ2n) is 7.70. The van der Waals surface area contributed by atoms with Crippen LogP contribution in [0.4, 0.5) is 13.2 Å². The summed E-state index contributed by atoms with van der Waals surface area (Å²) < 4.78 is 43.5. The van der Waals surface area contributed by atoms with Crippen molar-refractivity contribution in [3.05, 3.63) is 70.4 Å². The molecule has 3 N–H and O–H groups in total. The van der Waals surface area contributed by atoms with Crippen molar-refractivity contribution >= 4 is 23.7 Å². The van der Waals surface area contributed by atoms with Gasteiger partial charge in [0.2, 0.25) is 11.8 Å². The highest BCUT2D eigenvalue weighted by Gasteiger charge is 2.30. The number of carbonyl (C=O) groups is 1. The summed E-state index contributed by atoms with van der Waals surface area (Å²) in [5.41, 5.74) is 2.25. The smallest absolute Gasteiger partial charge is 0.417 e. The zero-order valence-corrected chi connectivity index (χ0v) is 20.2. The van der Waals surface area contributed by atoms with E-state index in [1.807, 2.05) is 0 Å². The molecule has 0 saturated heterocycles. The van der Waals surface area contributed by atoms with Gasteiger partial charge in [-0.15, -0.1) is 0 Å². The molecule has 0 spiro atoms. The van der Waals surface area contributed by atoms with Gasteiger partial charge in [-0.1, -0.05) is 24.3 Å². The molecule has 0 aliphatic heterocycles. The molecule has 11 heteroatoms. The number of pyridine rings is 1. The van der Waals surface area contributed by atoms with Gasteiger partial charge in [-0.25, -0.2) is 9.98 Å². The molecular formula is C25H28F3N5O3. The van der Waals surface area contributed by atoms with Gasteiger partial charge in [0.15, 0.2) is 5.84 Å². The first-order chi connectivity index (χ1) is 17.1. The van der Waals surface area contributed by atoms with Crippen molar-refractivity contribution in [3.8, 4) is 5.88 Å². The largest absolute Gasteiger partial charge is 0.473 e. The lowest BCUT2D eigenvalue weighted by Crippen LogP contribution is -2.27. The lowest BCUT2D eigenvalue weighted by atomic mass is 10.1. The van der Waals surface area contributed by atoms with Gasteiger partial charge in [0.05, 0.1) is 18.6 Å². The number of nitrogens with zero attached hydrogens (tertiary/aromatic N) is 3. The van der Waals surface area contributed by atoms with Crippen LogP contribution in [0.2, 0.25) is 0 Å². The lowest BCUT2D eigenvalue weighted by molar-refractivity contribution is -0.137. The number of aromatic nitrogens is 1. The fraction of sp³-hybridized carbons (Fsp3) is 0.320. The third kappa shape index (κ3) is 8.42. The van der Waals surface area contributed by atoms with Crippen LogP contribution in [0.1, 0.15) is 30.5 Å². The average molecular weight is 504 g/mol. The minimum absolute atomic E-state index is 0.00157. The molecule has 2 aromatic rings. The van der Waals surface area contributed by atoms with Crippen molar-refractivity contribution in [2.24, 2.45) is 9.98 Å². The van der Waals surface area contributed by atoms with Crippen LogP contribution in [0.15, 0.2) is 63.7 Å². The molecule has 0 atom stereocenters. The average Bonchev–Trinajstić information content (AvgIpc) is 2.85. The SMILES string of the molecule is CN=C(N=C(C)/C(C=N)=C(/C)COc1ccc(C(F)(F)F)cn1)c1ccc(CC(=O)NCCO)cc1. The van der Waals surface area contributed by atoms with E-state index in [9.17, 15) is 18.0 Å². The number of aliphatic imine (C=N–C) groups is 2. The van der Waals surface area contributed by atoms with E-state index in [-0.39, 0.29) is 38.0 Å². The zero-order valence-electron chi connectivity index (χ0n) is 20.2. The van der Waals surface area contributed by atoms with Gasteiger partial charge in [-0.05, 0) is 31.1 Å². The summed E-state index contributed by atoms with van der Waals surface area (Å²) in [5.74, 6) is 0.253. The Labute approximate surface area is 207 Å². The van der Waals surface area contributed by atoms with Crippen LogP contribution in [-0.2, 0) is 17.4 Å². The Morgan fingerprint density at radius 3 is 2.42 bits per heavy atom. The van der Waals surface area contributed by atoms with Crippen molar-refractivity contribution in [2.45, 2.75) is 26.4 Å². The Balaban J connectivity index is 2.12. The van der Waals surface area contributed by atoms with E-state index in [1.54, 1.807) is 45.2 Å². The molecule has 36 heavy (non-hydrogen) atoms. The number of benzene rings is 1. The molecular weight excluding hydrogens is 475 g/mol. The van der Waals surface area contributed by atoms with Crippen molar-refractivity contribution in [3.63, 3.8) is 0 Å². The molecule has 0 unspecified atom stereocenters. The quantitative estimate of drug-likeness (QED) is 0.339. The van der Waals surface area contributed by atoms with Gasteiger partial charge in [-0.3, -0.25) is 9.79 Å². The molecule has 0 saturated carbocycles. The zero-order chi connectivity index (χ0) is 26.7. The van der Waals surface area contributed by atoms with Gasteiger partial charge >= 0.3 is 6.18 Å². The number of alkyl halides is 3. The Kier molecular flexibility index (Phi) is 10.5. The molecule has 0 bridgehead atoms. The maximum absolute atomic E-state index is 12.7. The van der Waals surface area contributed by atoms with E-state index in [4.69, 9.17) is 15.3 Å². The number of hydrogen-bond donors (Lipinski definition) is 3. The molecule has 1 heterocycles. The monoisotopic (exact) mass is 503 g/mol. The summed E-state index contributed by atoms with van der Waals surface area (Å²) in [6.07, 6.45) is -2.47. The van der Waals surface area contributed by atoms with Gasteiger partial charge < -0.3 is 20.6 Å². The number of amidine groups is 1. The third-order valence-corrected chi connectivity index (χ3v) is 4.99. The fourth-order valence-corrected chi connectivity index (χ4v) is 3.11. The number of amides is 1. The van der Waals surface area contributed by atoms with Crippen LogP contribution >= 0.6 is 0 Å². The molecule has 0 fully saturated rings. The van der Waals surface area contributed by atoms with E-state index in [0.717, 1.165) is 23.9 Å². The number of carbonyl (C=O) groups excluding carboxylic acids is 1. The van der Waals surface area contributed by atoms with Crippen LogP contribution < -0.4 is 10.1 Å². The molecule has 8 nitrogen and oxygen atoms in total. The second kappa shape index (κ2) is 13.3. The van der Waals surface area contributed by atoms with E-state index in [0.29, 0.717) is 34.5 Å². The fourth-order valence-electron chi connectivity index (χ4n) is 3.11. The maximum Gasteiger partial charge on any atom is 0.417 e. The number of aliphatic hydroxyl groups excluding tert-OH is 1. The number of halogens is 3. The molecule has 1 amide bonds. The number of aliphatic hydroxyl groups is 1. The van der Waals surface area contributed by atoms with Crippen molar-refractivity contribution in [1.82, 2.24) is 10.3 Å². The number of ether oxygens (including phenoxy) is 1. The summed E-state index contributed by atoms with van der Waals surface area (Å²) in [6, 6.07) is 9.17. The molecule has 1 aromatic carbocycles. The minimum Gasteiger partial charge on any atom is -0.473 e. The van der Waals surface area contributed by atoms with Crippen molar-refractivity contribution in [2.75, 3.05) is 26.8 Å². The van der Waals surface area contributed by atoms with Crippen LogP contribution in [0.5, 0.6) is 5.88 Å². The summed E-state index contributed by atoms with van der Waals surface area (Å²) in [7, 11) is 1.59. The lowest BCUT2D eigenvalue weighted by Gasteiger charge is -2.11. The van der Waals surface area contributed by atoms with Crippen molar-refractivity contribution < 1.29 is 27.8 Å². The number of allylic oxidation sites excluding steroid dienone is 1. The first kappa shape index (κ1) is 28.4. The highest BCUT2D eigenvalue weighted by Crippen LogP contribution is 2.29.